The minimum absolute atomic E-state index is 0.00926. The summed E-state index contributed by atoms with van der Waals surface area (Å²) in [5, 5.41) is 0. The van der Waals surface area contributed by atoms with Crippen LogP contribution in [0.3, 0.4) is 0 Å². The highest BCUT2D eigenvalue weighted by molar-refractivity contribution is 6.04. The summed E-state index contributed by atoms with van der Waals surface area (Å²) in [5.41, 5.74) is 10.1. The molecule has 0 fully saturated rings. The van der Waals surface area contributed by atoms with Gasteiger partial charge in [0.05, 0.1) is 17.8 Å². The molecular weight excluding hydrogens is 176 g/mol. The van der Waals surface area contributed by atoms with Crippen molar-refractivity contribution in [2.75, 3.05) is 13.7 Å². The van der Waals surface area contributed by atoms with E-state index < -0.39 is 18.1 Å². The van der Waals surface area contributed by atoms with E-state index in [1.165, 1.54) is 7.11 Å². The van der Waals surface area contributed by atoms with Crippen LogP contribution in [-0.2, 0) is 19.1 Å². The average molecular weight is 186 g/mol. The number of carbonyl (C=O) groups excluding carboxylic acids is 2. The van der Waals surface area contributed by atoms with Crippen LogP contribution in [0.5, 0.6) is 0 Å². The molecule has 1 heterocycles. The zero-order chi connectivity index (χ0) is 10.0. The summed E-state index contributed by atoms with van der Waals surface area (Å²) in [4.78, 5) is 21.7. The monoisotopic (exact) mass is 186 g/mol. The molecule has 0 aromatic rings. The molecule has 0 spiro atoms. The highest BCUT2D eigenvalue weighted by atomic mass is 16.7. The van der Waals surface area contributed by atoms with Crippen LogP contribution in [-0.4, -0.2) is 31.8 Å². The van der Waals surface area contributed by atoms with Crippen LogP contribution >= 0.6 is 0 Å². The fraction of sp³-hybridized carbons (Fsp3) is 0.429. The van der Waals surface area contributed by atoms with Gasteiger partial charge in [-0.1, -0.05) is 0 Å². The van der Waals surface area contributed by atoms with Crippen molar-refractivity contribution in [3.05, 3.63) is 11.1 Å². The largest absolute Gasteiger partial charge is 0.366 e. The lowest BCUT2D eigenvalue weighted by Gasteiger charge is -2.08. The first-order valence-corrected chi connectivity index (χ1v) is 3.55. The number of hydrogen-bond donors (Lipinski definition) is 2. The molecule has 0 saturated carbocycles. The molecule has 13 heavy (non-hydrogen) atoms. The minimum atomic E-state index is -0.875. The number of amides is 2. The zero-order valence-corrected chi connectivity index (χ0v) is 7.07. The molecule has 0 saturated heterocycles. The second-order valence-corrected chi connectivity index (χ2v) is 2.50. The molecule has 6 heteroatoms. The third-order valence-electron chi connectivity index (χ3n) is 1.72. The van der Waals surface area contributed by atoms with Gasteiger partial charge in [-0.3, -0.25) is 9.59 Å². The number of carbonyl (C=O) groups is 2. The number of methoxy groups -OCH3 is 1. The first-order valence-electron chi connectivity index (χ1n) is 3.55. The maximum Gasteiger partial charge on any atom is 0.250 e. The van der Waals surface area contributed by atoms with Crippen LogP contribution in [0, 0.1) is 0 Å². The van der Waals surface area contributed by atoms with Crippen molar-refractivity contribution in [3.8, 4) is 0 Å². The van der Waals surface area contributed by atoms with Gasteiger partial charge < -0.3 is 20.9 Å². The van der Waals surface area contributed by atoms with Crippen molar-refractivity contribution >= 4 is 11.8 Å². The lowest BCUT2D eigenvalue weighted by Crippen LogP contribution is -2.26. The molecule has 1 aliphatic heterocycles. The van der Waals surface area contributed by atoms with E-state index in [4.69, 9.17) is 20.9 Å². The molecule has 4 N–H and O–H groups in total. The van der Waals surface area contributed by atoms with Gasteiger partial charge >= 0.3 is 0 Å². The smallest absolute Gasteiger partial charge is 0.250 e. The number of nitrogens with two attached hydrogens (primary N) is 2. The van der Waals surface area contributed by atoms with Crippen molar-refractivity contribution in [2.45, 2.75) is 6.29 Å². The molecule has 1 rings (SSSR count). The van der Waals surface area contributed by atoms with Crippen LogP contribution < -0.4 is 11.5 Å². The van der Waals surface area contributed by atoms with Crippen molar-refractivity contribution in [1.82, 2.24) is 0 Å². The van der Waals surface area contributed by atoms with Crippen LogP contribution in [0.2, 0.25) is 0 Å². The third kappa shape index (κ3) is 1.68. The highest BCUT2D eigenvalue weighted by Gasteiger charge is 2.32. The average Bonchev–Trinajstić information content (AvgIpc) is 2.46. The van der Waals surface area contributed by atoms with Gasteiger partial charge in [0.15, 0.2) is 6.29 Å². The lowest BCUT2D eigenvalue weighted by molar-refractivity contribution is -0.121. The number of ether oxygens (including phenoxy) is 2. The number of primary amides is 2. The van der Waals surface area contributed by atoms with Crippen molar-refractivity contribution in [3.63, 3.8) is 0 Å². The molecule has 2 amide bonds. The molecule has 0 aliphatic carbocycles. The van der Waals surface area contributed by atoms with Crippen LogP contribution in [0.15, 0.2) is 11.1 Å². The normalized spacial score (nSPS) is 22.1. The molecular formula is C7H10N2O4. The fourth-order valence-corrected chi connectivity index (χ4v) is 1.12. The Morgan fingerprint density at radius 1 is 1.46 bits per heavy atom. The molecule has 1 unspecified atom stereocenters. The van der Waals surface area contributed by atoms with E-state index in [1.54, 1.807) is 0 Å². The van der Waals surface area contributed by atoms with E-state index in [2.05, 4.69) is 0 Å². The maximum atomic E-state index is 10.9. The van der Waals surface area contributed by atoms with Gasteiger partial charge in [0.2, 0.25) is 11.8 Å². The van der Waals surface area contributed by atoms with Gasteiger partial charge in [0.1, 0.15) is 0 Å². The number of rotatable bonds is 3. The topological polar surface area (TPSA) is 105 Å². The molecule has 0 aromatic carbocycles. The molecule has 0 bridgehead atoms. The van der Waals surface area contributed by atoms with E-state index >= 15 is 0 Å². The number of hydrogen-bond acceptors (Lipinski definition) is 4. The molecule has 0 aromatic heterocycles. The Hall–Kier alpha value is -1.40. The van der Waals surface area contributed by atoms with Gasteiger partial charge in [0, 0.05) is 7.11 Å². The van der Waals surface area contributed by atoms with E-state index in [9.17, 15) is 9.59 Å². The Labute approximate surface area is 74.5 Å². The summed E-state index contributed by atoms with van der Waals surface area (Å²) < 4.78 is 9.73. The highest BCUT2D eigenvalue weighted by Crippen LogP contribution is 2.21. The van der Waals surface area contributed by atoms with Crippen molar-refractivity contribution < 1.29 is 19.1 Å². The summed E-state index contributed by atoms with van der Waals surface area (Å²) in [5.74, 6) is -1.47. The molecule has 72 valence electrons. The van der Waals surface area contributed by atoms with Gasteiger partial charge in [-0.15, -0.1) is 0 Å². The van der Waals surface area contributed by atoms with E-state index in [1.807, 2.05) is 0 Å². The Bertz CT molecular complexity index is 284. The molecule has 0 radical (unpaired) electrons. The predicted octanol–water partition coefficient (Wildman–Crippen LogP) is -1.74. The van der Waals surface area contributed by atoms with Crippen molar-refractivity contribution in [1.29, 1.82) is 0 Å². The molecule has 6 nitrogen and oxygen atoms in total. The maximum absolute atomic E-state index is 10.9. The summed E-state index contributed by atoms with van der Waals surface area (Å²) >= 11 is 0. The Balaban J connectivity index is 3.04. The van der Waals surface area contributed by atoms with E-state index in [0.29, 0.717) is 0 Å². The molecule has 1 atom stereocenters. The van der Waals surface area contributed by atoms with Crippen LogP contribution in [0.4, 0.5) is 0 Å². The predicted molar refractivity (Wildman–Crippen MR) is 42.2 cm³/mol. The minimum Gasteiger partial charge on any atom is -0.366 e. The van der Waals surface area contributed by atoms with Gasteiger partial charge in [-0.05, 0) is 0 Å². The second-order valence-electron chi connectivity index (χ2n) is 2.50. The Morgan fingerprint density at radius 3 is 2.46 bits per heavy atom. The summed E-state index contributed by atoms with van der Waals surface area (Å²) in [6.45, 7) is -0.0356. The molecule has 1 aliphatic rings. The van der Waals surface area contributed by atoms with Gasteiger partial charge in [-0.2, -0.15) is 0 Å². The van der Waals surface area contributed by atoms with E-state index in [-0.39, 0.29) is 17.8 Å². The SMILES string of the molecule is COC1OCC(C(N)=O)=C1C(N)=O. The van der Waals surface area contributed by atoms with Crippen LogP contribution in [0.25, 0.3) is 0 Å². The third-order valence-corrected chi connectivity index (χ3v) is 1.72. The first kappa shape index (κ1) is 9.69. The second kappa shape index (κ2) is 3.55. The summed E-state index contributed by atoms with van der Waals surface area (Å²) in [6.07, 6.45) is -0.875. The van der Waals surface area contributed by atoms with Crippen molar-refractivity contribution in [2.24, 2.45) is 11.5 Å². The Kier molecular flexibility index (Phi) is 2.64. The van der Waals surface area contributed by atoms with Gasteiger partial charge in [0.25, 0.3) is 0 Å². The Morgan fingerprint density at radius 2 is 2.08 bits per heavy atom. The standard InChI is InChI=1S/C7H10N2O4/c1-12-7-4(6(9)11)3(2-13-7)5(8)10/h7H,2H2,1H3,(H2,8,10)(H2,9,11). The quantitative estimate of drug-likeness (QED) is 0.545. The van der Waals surface area contributed by atoms with Crippen LogP contribution in [0.1, 0.15) is 0 Å². The van der Waals surface area contributed by atoms with Gasteiger partial charge in [-0.25, -0.2) is 0 Å². The lowest BCUT2D eigenvalue weighted by atomic mass is 10.1. The summed E-state index contributed by atoms with van der Waals surface area (Å²) in [6, 6.07) is 0. The summed E-state index contributed by atoms with van der Waals surface area (Å²) in [7, 11) is 1.34. The first-order chi connectivity index (χ1) is 6.07. The zero-order valence-electron chi connectivity index (χ0n) is 7.07. The fourth-order valence-electron chi connectivity index (χ4n) is 1.12. The van der Waals surface area contributed by atoms with E-state index in [0.717, 1.165) is 0 Å².